The zero-order chi connectivity index (χ0) is 23.0. The van der Waals surface area contributed by atoms with Gasteiger partial charge in [-0.15, -0.1) is 0 Å². The lowest BCUT2D eigenvalue weighted by Crippen LogP contribution is -2.70. The maximum atomic E-state index is 17.1. The van der Waals surface area contributed by atoms with Crippen molar-refractivity contribution >= 4 is 17.5 Å². The number of esters is 1. The maximum absolute atomic E-state index is 17.1. The minimum absolute atomic E-state index is 0.0761. The molecule has 0 bridgehead atoms. The predicted octanol–water partition coefficient (Wildman–Crippen LogP) is 2.47. The summed E-state index contributed by atoms with van der Waals surface area (Å²) in [5, 5.41) is 22.7. The van der Waals surface area contributed by atoms with Crippen LogP contribution in [0, 0.1) is 28.6 Å². The zero-order valence-electron chi connectivity index (χ0n) is 18.5. The number of rotatable bonds is 3. The summed E-state index contributed by atoms with van der Waals surface area (Å²) in [6.07, 6.45) is 3.93. The molecule has 0 aromatic heterocycles. The number of aliphatic hydroxyl groups excluding tert-OH is 1. The molecule has 4 aliphatic carbocycles. The van der Waals surface area contributed by atoms with E-state index in [0.717, 1.165) is 0 Å². The third-order valence-corrected chi connectivity index (χ3v) is 8.99. The summed E-state index contributed by atoms with van der Waals surface area (Å²) in [6.45, 7) is 6.10. The van der Waals surface area contributed by atoms with Gasteiger partial charge in [-0.05, 0) is 56.6 Å². The molecule has 2 N–H and O–H groups in total. The molecule has 0 aliphatic heterocycles. The van der Waals surface area contributed by atoms with Crippen molar-refractivity contribution in [1.29, 1.82) is 0 Å². The van der Waals surface area contributed by atoms with Crippen molar-refractivity contribution in [3.8, 4) is 0 Å². The molecule has 0 aromatic rings. The molecule has 170 valence electrons. The molecule has 4 rings (SSSR count). The average Bonchev–Trinajstić information content (AvgIpc) is 2.96. The minimum Gasteiger partial charge on any atom is -0.458 e. The number of fused-ring (bicyclic) bond motifs is 5. The molecule has 0 heterocycles. The Balaban J connectivity index is 1.75. The molecule has 0 radical (unpaired) electrons. The summed E-state index contributed by atoms with van der Waals surface area (Å²) >= 11 is 0. The van der Waals surface area contributed by atoms with Crippen LogP contribution in [0.1, 0.15) is 53.4 Å². The molecular weight excluding hydrogens is 403 g/mol. The van der Waals surface area contributed by atoms with E-state index in [0.29, 0.717) is 18.4 Å². The highest BCUT2D eigenvalue weighted by atomic mass is 19.1. The number of Topliss-reactive ketones (excluding diaryl/α,β-unsaturated/α-hetero) is 1. The van der Waals surface area contributed by atoms with Crippen LogP contribution in [0.15, 0.2) is 23.8 Å². The number of allylic oxidation sites excluding steroid dienone is 4. The Morgan fingerprint density at radius 3 is 2.61 bits per heavy atom. The van der Waals surface area contributed by atoms with Crippen molar-refractivity contribution in [2.45, 2.75) is 70.8 Å². The van der Waals surface area contributed by atoms with Crippen LogP contribution in [0.5, 0.6) is 0 Å². The smallest absolute Gasteiger partial charge is 0.303 e. The van der Waals surface area contributed by atoms with Gasteiger partial charge in [-0.2, -0.15) is 0 Å². The van der Waals surface area contributed by atoms with E-state index in [9.17, 15) is 24.6 Å². The first-order valence-corrected chi connectivity index (χ1v) is 11.0. The lowest BCUT2D eigenvalue weighted by Gasteiger charge is -2.63. The molecule has 7 heteroatoms. The fourth-order valence-electron chi connectivity index (χ4n) is 7.35. The Hall–Kier alpha value is -1.86. The molecular formula is C24H31FO6. The van der Waals surface area contributed by atoms with Gasteiger partial charge in [0.25, 0.3) is 0 Å². The number of carbonyl (C=O) groups excluding carboxylic acids is 3. The number of carbonyl (C=O) groups is 3. The molecule has 0 saturated heterocycles. The third-order valence-electron chi connectivity index (χ3n) is 8.99. The monoisotopic (exact) mass is 434 g/mol. The predicted molar refractivity (Wildman–Crippen MR) is 109 cm³/mol. The van der Waals surface area contributed by atoms with Crippen LogP contribution in [-0.2, 0) is 19.1 Å². The van der Waals surface area contributed by atoms with Crippen molar-refractivity contribution < 1.29 is 33.7 Å². The maximum Gasteiger partial charge on any atom is 0.303 e. The van der Waals surface area contributed by atoms with Gasteiger partial charge in [0.2, 0.25) is 5.78 Å². The van der Waals surface area contributed by atoms with Crippen LogP contribution in [-0.4, -0.2) is 51.7 Å². The summed E-state index contributed by atoms with van der Waals surface area (Å²) < 4.78 is 21.9. The Labute approximate surface area is 181 Å². The molecule has 0 aromatic carbocycles. The average molecular weight is 435 g/mol. The van der Waals surface area contributed by atoms with E-state index in [4.69, 9.17) is 4.74 Å². The van der Waals surface area contributed by atoms with Crippen LogP contribution in [0.4, 0.5) is 4.39 Å². The van der Waals surface area contributed by atoms with Gasteiger partial charge in [-0.25, -0.2) is 4.39 Å². The highest BCUT2D eigenvalue weighted by molar-refractivity contribution is 6.01. The highest BCUT2D eigenvalue weighted by Crippen LogP contribution is 2.70. The molecule has 31 heavy (non-hydrogen) atoms. The minimum atomic E-state index is -2.02. The quantitative estimate of drug-likeness (QED) is 0.662. The van der Waals surface area contributed by atoms with E-state index in [-0.39, 0.29) is 30.5 Å². The highest BCUT2D eigenvalue weighted by Gasteiger charge is 2.74. The Kier molecular flexibility index (Phi) is 4.91. The molecule has 0 unspecified atom stereocenters. The molecule has 0 amide bonds. The van der Waals surface area contributed by atoms with E-state index in [1.54, 1.807) is 19.9 Å². The Morgan fingerprint density at radius 1 is 1.29 bits per heavy atom. The molecule has 6 nitrogen and oxygen atoms in total. The first kappa shape index (κ1) is 22.3. The second-order valence-corrected chi connectivity index (χ2v) is 10.4. The fourth-order valence-corrected chi connectivity index (χ4v) is 7.35. The van der Waals surface area contributed by atoms with Crippen molar-refractivity contribution in [2.75, 3.05) is 6.61 Å². The van der Waals surface area contributed by atoms with E-state index in [2.05, 4.69) is 0 Å². The number of ether oxygens (including phenoxy) is 1. The Morgan fingerprint density at radius 2 is 1.97 bits per heavy atom. The summed E-state index contributed by atoms with van der Waals surface area (Å²) in [4.78, 5) is 36.1. The number of aliphatic hydroxyl groups is 2. The number of hydrogen-bond acceptors (Lipinski definition) is 6. The van der Waals surface area contributed by atoms with Gasteiger partial charge in [0.1, 0.15) is 5.60 Å². The lowest BCUT2D eigenvalue weighted by molar-refractivity contribution is -0.221. The van der Waals surface area contributed by atoms with E-state index in [1.807, 2.05) is 6.92 Å². The summed E-state index contributed by atoms with van der Waals surface area (Å²) in [5.41, 5.74) is -5.30. The van der Waals surface area contributed by atoms with E-state index in [1.165, 1.54) is 19.1 Å². The van der Waals surface area contributed by atoms with Crippen molar-refractivity contribution in [1.82, 2.24) is 0 Å². The summed E-state index contributed by atoms with van der Waals surface area (Å²) in [6, 6.07) is 0. The largest absolute Gasteiger partial charge is 0.458 e. The van der Waals surface area contributed by atoms with Gasteiger partial charge in [0, 0.05) is 23.7 Å². The van der Waals surface area contributed by atoms with Crippen LogP contribution in [0.25, 0.3) is 0 Å². The zero-order valence-corrected chi connectivity index (χ0v) is 18.5. The number of alkyl halides is 1. The van der Waals surface area contributed by atoms with Crippen molar-refractivity contribution in [3.63, 3.8) is 0 Å². The van der Waals surface area contributed by atoms with Gasteiger partial charge >= 0.3 is 5.97 Å². The number of ketones is 2. The molecule has 8 atom stereocenters. The fraction of sp³-hybridized carbons (Fsp3) is 0.708. The van der Waals surface area contributed by atoms with Crippen LogP contribution >= 0.6 is 0 Å². The first-order chi connectivity index (χ1) is 14.3. The second kappa shape index (κ2) is 6.82. The van der Waals surface area contributed by atoms with Gasteiger partial charge in [-0.3, -0.25) is 14.4 Å². The molecule has 4 aliphatic rings. The van der Waals surface area contributed by atoms with Crippen LogP contribution in [0.3, 0.4) is 0 Å². The number of hydrogen-bond donors (Lipinski definition) is 2. The van der Waals surface area contributed by atoms with Crippen LogP contribution < -0.4 is 0 Å². The van der Waals surface area contributed by atoms with Gasteiger partial charge in [-0.1, -0.05) is 25.5 Å². The lowest BCUT2D eigenvalue weighted by atomic mass is 9.43. The van der Waals surface area contributed by atoms with Crippen LogP contribution in [0.2, 0.25) is 0 Å². The first-order valence-electron chi connectivity index (χ1n) is 11.0. The number of halogens is 1. The molecule has 3 fully saturated rings. The van der Waals surface area contributed by atoms with Crippen molar-refractivity contribution in [3.05, 3.63) is 23.8 Å². The second-order valence-electron chi connectivity index (χ2n) is 10.4. The summed E-state index contributed by atoms with van der Waals surface area (Å²) in [7, 11) is 0. The standard InChI is InChI=1S/C24H31FO6/c1-13-9-18-16-6-8-23(30,20(29)12-31-14(2)26)22(16,4)11-19(28)24(18,25)21(3)7-5-15(27)10-17(13)21/h5,7,10,13,16,18-19,28,30H,6,8-9,11-12H2,1-4H3/t13-,16+,18-,19-,21-,22-,23-,24-/m0/s1. The van der Waals surface area contributed by atoms with Gasteiger partial charge in [0.15, 0.2) is 18.1 Å². The Bertz CT molecular complexity index is 910. The third kappa shape index (κ3) is 2.72. The van der Waals surface area contributed by atoms with Gasteiger partial charge in [0.05, 0.1) is 6.10 Å². The normalized spacial score (nSPS) is 48.4. The van der Waals surface area contributed by atoms with E-state index < -0.39 is 52.5 Å². The summed E-state index contributed by atoms with van der Waals surface area (Å²) in [5.74, 6) is -2.40. The SMILES string of the molecule is CC(=O)OCC(=O)[C@@]1(O)CC[C@@H]2[C@@H]3C[C@H](C)C4=CC(=O)C=C[C@]4(C)[C@@]3(F)[C@@H](O)C[C@@]21C. The topological polar surface area (TPSA) is 101 Å². The molecule has 3 saturated carbocycles. The molecule has 0 spiro atoms. The van der Waals surface area contributed by atoms with E-state index >= 15 is 4.39 Å². The van der Waals surface area contributed by atoms with Gasteiger partial charge < -0.3 is 14.9 Å². The van der Waals surface area contributed by atoms with Crippen molar-refractivity contribution in [2.24, 2.45) is 28.6 Å².